The molecule has 3 aromatic rings. The fourth-order valence-electron chi connectivity index (χ4n) is 3.40. The van der Waals surface area contributed by atoms with Gasteiger partial charge in [-0.3, -0.25) is 9.59 Å². The van der Waals surface area contributed by atoms with Gasteiger partial charge in [0.25, 0.3) is 0 Å². The maximum absolute atomic E-state index is 12.3. The zero-order valence-corrected chi connectivity index (χ0v) is 17.7. The van der Waals surface area contributed by atoms with Crippen molar-refractivity contribution < 1.29 is 14.0 Å². The minimum Gasteiger partial charge on any atom is -0.469 e. The van der Waals surface area contributed by atoms with E-state index in [1.165, 1.54) is 11.8 Å². The van der Waals surface area contributed by atoms with Crippen molar-refractivity contribution in [1.29, 1.82) is 0 Å². The highest BCUT2D eigenvalue weighted by Crippen LogP contribution is 2.26. The molecule has 9 heteroatoms. The first-order valence-electron chi connectivity index (χ1n) is 9.80. The number of carbonyl (C=O) groups is 2. The second-order valence-corrected chi connectivity index (χ2v) is 8.16. The summed E-state index contributed by atoms with van der Waals surface area (Å²) in [5, 5.41) is 12.1. The van der Waals surface area contributed by atoms with Crippen LogP contribution in [-0.2, 0) is 16.6 Å². The van der Waals surface area contributed by atoms with Gasteiger partial charge in [-0.05, 0) is 43.7 Å². The molecule has 3 heterocycles. The zero-order chi connectivity index (χ0) is 21.1. The van der Waals surface area contributed by atoms with E-state index in [9.17, 15) is 9.59 Å². The summed E-state index contributed by atoms with van der Waals surface area (Å²) in [5.74, 6) is 2.20. The van der Waals surface area contributed by atoms with Gasteiger partial charge >= 0.3 is 0 Å². The third kappa shape index (κ3) is 4.25. The average molecular weight is 426 g/mol. The molecule has 1 aliphatic rings. The zero-order valence-electron chi connectivity index (χ0n) is 16.9. The van der Waals surface area contributed by atoms with Crippen molar-refractivity contribution >= 4 is 35.0 Å². The summed E-state index contributed by atoms with van der Waals surface area (Å²) in [7, 11) is 1.90. The van der Waals surface area contributed by atoms with E-state index in [2.05, 4.69) is 15.5 Å². The van der Waals surface area contributed by atoms with E-state index in [0.29, 0.717) is 18.6 Å². The normalized spacial score (nSPS) is 13.8. The molecule has 4 rings (SSSR count). The molecule has 156 valence electrons. The molecule has 0 spiro atoms. The van der Waals surface area contributed by atoms with Crippen molar-refractivity contribution in [3.63, 3.8) is 0 Å². The SMILES string of the molecule is Cc1occc1-c1nnc(SCCC(=O)Nc2ccc(N3CCCC3=O)cc2)n1C. The van der Waals surface area contributed by atoms with Crippen molar-refractivity contribution in [3.8, 4) is 11.4 Å². The van der Waals surface area contributed by atoms with E-state index >= 15 is 0 Å². The Kier molecular flexibility index (Phi) is 5.89. The number of anilines is 2. The van der Waals surface area contributed by atoms with Crippen LogP contribution in [0.15, 0.2) is 46.2 Å². The number of thioether (sulfide) groups is 1. The number of aromatic nitrogens is 3. The molecule has 1 saturated heterocycles. The fraction of sp³-hybridized carbons (Fsp3) is 0.333. The average Bonchev–Trinajstić information content (AvgIpc) is 3.44. The van der Waals surface area contributed by atoms with E-state index in [1.807, 2.05) is 48.9 Å². The second kappa shape index (κ2) is 8.74. The molecule has 0 radical (unpaired) electrons. The number of hydrogen-bond acceptors (Lipinski definition) is 6. The Morgan fingerprint density at radius 1 is 1.23 bits per heavy atom. The van der Waals surface area contributed by atoms with E-state index in [-0.39, 0.29) is 11.8 Å². The Morgan fingerprint density at radius 3 is 2.70 bits per heavy atom. The maximum Gasteiger partial charge on any atom is 0.227 e. The highest BCUT2D eigenvalue weighted by molar-refractivity contribution is 7.99. The Hall–Kier alpha value is -3.07. The lowest BCUT2D eigenvalue weighted by Gasteiger charge is -2.16. The van der Waals surface area contributed by atoms with Gasteiger partial charge in [-0.2, -0.15) is 0 Å². The summed E-state index contributed by atoms with van der Waals surface area (Å²) in [6.45, 7) is 2.64. The van der Waals surface area contributed by atoms with E-state index in [0.717, 1.165) is 46.6 Å². The molecule has 1 N–H and O–H groups in total. The molecule has 0 unspecified atom stereocenters. The molecule has 1 aliphatic heterocycles. The largest absolute Gasteiger partial charge is 0.469 e. The molecule has 0 saturated carbocycles. The fourth-order valence-corrected chi connectivity index (χ4v) is 4.25. The highest BCUT2D eigenvalue weighted by Gasteiger charge is 2.21. The number of nitrogens with zero attached hydrogens (tertiary/aromatic N) is 4. The van der Waals surface area contributed by atoms with Gasteiger partial charge in [0.05, 0.1) is 11.8 Å². The lowest BCUT2D eigenvalue weighted by molar-refractivity contribution is -0.117. The third-order valence-corrected chi connectivity index (χ3v) is 6.05. The first-order chi connectivity index (χ1) is 14.5. The van der Waals surface area contributed by atoms with Gasteiger partial charge in [-0.15, -0.1) is 10.2 Å². The van der Waals surface area contributed by atoms with E-state index in [1.54, 1.807) is 11.2 Å². The Bertz CT molecular complexity index is 1060. The number of hydrogen-bond donors (Lipinski definition) is 1. The number of amides is 2. The minimum atomic E-state index is -0.0689. The molecule has 1 aromatic carbocycles. The number of rotatable bonds is 7. The summed E-state index contributed by atoms with van der Waals surface area (Å²) in [6, 6.07) is 9.26. The minimum absolute atomic E-state index is 0.0689. The van der Waals surface area contributed by atoms with Crippen LogP contribution in [0.5, 0.6) is 0 Å². The second-order valence-electron chi connectivity index (χ2n) is 7.10. The number of carbonyl (C=O) groups excluding carboxylic acids is 2. The van der Waals surface area contributed by atoms with Crippen LogP contribution in [0.1, 0.15) is 25.0 Å². The number of benzene rings is 1. The van der Waals surface area contributed by atoms with Crippen LogP contribution in [0.25, 0.3) is 11.4 Å². The van der Waals surface area contributed by atoms with Crippen molar-refractivity contribution in [2.75, 3.05) is 22.5 Å². The predicted molar refractivity (Wildman–Crippen MR) is 115 cm³/mol. The van der Waals surface area contributed by atoms with Crippen LogP contribution in [0.2, 0.25) is 0 Å². The Labute approximate surface area is 178 Å². The molecule has 2 aromatic heterocycles. The highest BCUT2D eigenvalue weighted by atomic mass is 32.2. The van der Waals surface area contributed by atoms with Gasteiger partial charge in [0.15, 0.2) is 11.0 Å². The smallest absolute Gasteiger partial charge is 0.227 e. The molecule has 1 fully saturated rings. The first-order valence-corrected chi connectivity index (χ1v) is 10.8. The quantitative estimate of drug-likeness (QED) is 0.581. The summed E-state index contributed by atoms with van der Waals surface area (Å²) in [5.41, 5.74) is 2.50. The molecular formula is C21H23N5O3S. The first kappa shape index (κ1) is 20.2. The molecule has 0 atom stereocenters. The van der Waals surface area contributed by atoms with Gasteiger partial charge in [0.2, 0.25) is 11.8 Å². The van der Waals surface area contributed by atoms with Gasteiger partial charge < -0.3 is 19.2 Å². The summed E-state index contributed by atoms with van der Waals surface area (Å²) in [6.07, 6.45) is 3.48. The summed E-state index contributed by atoms with van der Waals surface area (Å²) >= 11 is 1.48. The van der Waals surface area contributed by atoms with Crippen molar-refractivity contribution in [1.82, 2.24) is 14.8 Å². The summed E-state index contributed by atoms with van der Waals surface area (Å²) in [4.78, 5) is 25.9. The molecule has 2 amide bonds. The molecule has 30 heavy (non-hydrogen) atoms. The Balaban J connectivity index is 1.28. The van der Waals surface area contributed by atoms with Crippen molar-refractivity contribution in [2.45, 2.75) is 31.3 Å². The standard InChI is InChI=1S/C21H23N5O3S/c1-14-17(9-12-29-14)20-23-24-21(25(20)2)30-13-10-18(27)22-15-5-7-16(8-6-15)26-11-3-4-19(26)28/h5-9,12H,3-4,10-11,13H2,1-2H3,(H,22,27). The van der Waals surface area contributed by atoms with Crippen molar-refractivity contribution in [2.24, 2.45) is 7.05 Å². The van der Waals surface area contributed by atoms with Gasteiger partial charge in [-0.1, -0.05) is 11.8 Å². The van der Waals surface area contributed by atoms with Crippen LogP contribution in [0.3, 0.4) is 0 Å². The monoisotopic (exact) mass is 425 g/mol. The van der Waals surface area contributed by atoms with Crippen LogP contribution in [-0.4, -0.2) is 38.9 Å². The molecular weight excluding hydrogens is 402 g/mol. The topological polar surface area (TPSA) is 93.3 Å². The van der Waals surface area contributed by atoms with Gasteiger partial charge in [-0.25, -0.2) is 0 Å². The van der Waals surface area contributed by atoms with Gasteiger partial charge in [0.1, 0.15) is 5.76 Å². The van der Waals surface area contributed by atoms with Crippen LogP contribution < -0.4 is 10.2 Å². The lowest BCUT2D eigenvalue weighted by Crippen LogP contribution is -2.23. The lowest BCUT2D eigenvalue weighted by atomic mass is 10.2. The van der Waals surface area contributed by atoms with E-state index < -0.39 is 0 Å². The maximum atomic E-state index is 12.3. The summed E-state index contributed by atoms with van der Waals surface area (Å²) < 4.78 is 7.24. The molecule has 0 aliphatic carbocycles. The molecule has 8 nitrogen and oxygen atoms in total. The van der Waals surface area contributed by atoms with Crippen molar-refractivity contribution in [3.05, 3.63) is 42.4 Å². The third-order valence-electron chi connectivity index (χ3n) is 5.03. The van der Waals surface area contributed by atoms with Crippen LogP contribution in [0, 0.1) is 6.92 Å². The van der Waals surface area contributed by atoms with Gasteiger partial charge in [0, 0.05) is 43.6 Å². The van der Waals surface area contributed by atoms with E-state index in [4.69, 9.17) is 4.42 Å². The number of furan rings is 1. The molecule has 0 bridgehead atoms. The predicted octanol–water partition coefficient (Wildman–Crippen LogP) is 3.63. The Morgan fingerprint density at radius 2 is 2.03 bits per heavy atom. The number of aryl methyl sites for hydroxylation is 1. The van der Waals surface area contributed by atoms with Crippen LogP contribution in [0.4, 0.5) is 11.4 Å². The number of nitrogens with one attached hydrogen (secondary N) is 1. The van der Waals surface area contributed by atoms with Crippen LogP contribution >= 0.6 is 11.8 Å².